The molecule has 0 aliphatic rings. The van der Waals surface area contributed by atoms with E-state index < -0.39 is 12.0 Å². The van der Waals surface area contributed by atoms with E-state index in [0.29, 0.717) is 13.0 Å². The number of rotatable bonds is 7. The van der Waals surface area contributed by atoms with Crippen molar-refractivity contribution in [3.8, 4) is 0 Å². The molecule has 1 rings (SSSR count). The molecule has 0 radical (unpaired) electrons. The highest BCUT2D eigenvalue weighted by atomic mass is 16.4. The number of aromatic amines is 1. The quantitative estimate of drug-likeness (QED) is 0.500. The van der Waals surface area contributed by atoms with Crippen molar-refractivity contribution < 1.29 is 14.7 Å². The lowest BCUT2D eigenvalue weighted by atomic mass is 10.1. The van der Waals surface area contributed by atoms with E-state index in [-0.39, 0.29) is 18.7 Å². The summed E-state index contributed by atoms with van der Waals surface area (Å²) in [6.07, 6.45) is 4.23. The van der Waals surface area contributed by atoms with Gasteiger partial charge in [0, 0.05) is 31.8 Å². The Morgan fingerprint density at radius 1 is 1.59 bits per heavy atom. The van der Waals surface area contributed by atoms with Gasteiger partial charge in [0.05, 0.1) is 0 Å². The monoisotopic (exact) mass is 240 g/mol. The largest absolute Gasteiger partial charge is 0.480 e. The smallest absolute Gasteiger partial charge is 0.320 e. The molecule has 0 saturated heterocycles. The van der Waals surface area contributed by atoms with Crippen LogP contribution in [0.15, 0.2) is 12.4 Å². The van der Waals surface area contributed by atoms with Crippen LogP contribution in [0.4, 0.5) is 0 Å². The Bertz CT molecular complexity index is 364. The first-order valence-electron chi connectivity index (χ1n) is 5.33. The van der Waals surface area contributed by atoms with Gasteiger partial charge in [-0.05, 0) is 6.42 Å². The fourth-order valence-corrected chi connectivity index (χ4v) is 1.25. The van der Waals surface area contributed by atoms with Crippen LogP contribution in [0.1, 0.15) is 18.7 Å². The lowest BCUT2D eigenvalue weighted by molar-refractivity contribution is -0.138. The topological polar surface area (TPSA) is 121 Å². The van der Waals surface area contributed by atoms with Crippen LogP contribution in [0.5, 0.6) is 0 Å². The molecule has 1 aromatic rings. The lowest BCUT2D eigenvalue weighted by Gasteiger charge is -2.06. The third-order valence-corrected chi connectivity index (χ3v) is 2.24. The number of carbonyl (C=O) groups excluding carboxylic acids is 1. The minimum Gasteiger partial charge on any atom is -0.480 e. The molecule has 0 saturated carbocycles. The molecule has 7 heteroatoms. The second kappa shape index (κ2) is 6.64. The van der Waals surface area contributed by atoms with E-state index in [0.717, 1.165) is 5.82 Å². The van der Waals surface area contributed by atoms with E-state index in [1.807, 2.05) is 0 Å². The Kier molecular flexibility index (Phi) is 5.15. The first kappa shape index (κ1) is 13.2. The molecule has 1 unspecified atom stereocenters. The van der Waals surface area contributed by atoms with Crippen molar-refractivity contribution in [1.82, 2.24) is 15.3 Å². The zero-order chi connectivity index (χ0) is 12.7. The van der Waals surface area contributed by atoms with Crippen LogP contribution in [0.25, 0.3) is 0 Å². The zero-order valence-corrected chi connectivity index (χ0v) is 9.35. The predicted octanol–water partition coefficient (Wildman–Crippen LogP) is -0.739. The number of imidazole rings is 1. The number of amides is 1. The summed E-state index contributed by atoms with van der Waals surface area (Å²) in [7, 11) is 0. The van der Waals surface area contributed by atoms with Crippen LogP contribution in [-0.4, -0.2) is 39.5 Å². The number of carbonyl (C=O) groups is 2. The van der Waals surface area contributed by atoms with Crippen molar-refractivity contribution in [2.75, 3.05) is 6.54 Å². The van der Waals surface area contributed by atoms with Crippen molar-refractivity contribution >= 4 is 11.9 Å². The average Bonchev–Trinajstić information content (AvgIpc) is 2.78. The summed E-state index contributed by atoms with van der Waals surface area (Å²) >= 11 is 0. The second-order valence-corrected chi connectivity index (χ2v) is 3.62. The fourth-order valence-electron chi connectivity index (χ4n) is 1.25. The highest BCUT2D eigenvalue weighted by Gasteiger charge is 2.13. The van der Waals surface area contributed by atoms with E-state index in [1.54, 1.807) is 12.4 Å². The van der Waals surface area contributed by atoms with Gasteiger partial charge in [0.1, 0.15) is 11.9 Å². The number of hydrogen-bond acceptors (Lipinski definition) is 4. The van der Waals surface area contributed by atoms with Crippen LogP contribution in [0, 0.1) is 0 Å². The molecule has 1 amide bonds. The van der Waals surface area contributed by atoms with E-state index in [2.05, 4.69) is 15.3 Å². The maximum absolute atomic E-state index is 11.3. The van der Waals surface area contributed by atoms with E-state index >= 15 is 0 Å². The van der Waals surface area contributed by atoms with Crippen molar-refractivity contribution in [3.05, 3.63) is 18.2 Å². The molecule has 0 bridgehead atoms. The molecule has 0 spiro atoms. The number of H-pyrrole nitrogens is 1. The molecule has 5 N–H and O–H groups in total. The van der Waals surface area contributed by atoms with E-state index in [4.69, 9.17) is 10.8 Å². The maximum Gasteiger partial charge on any atom is 0.320 e. The van der Waals surface area contributed by atoms with Gasteiger partial charge in [-0.2, -0.15) is 0 Å². The summed E-state index contributed by atoms with van der Waals surface area (Å²) in [5, 5.41) is 11.2. The zero-order valence-electron chi connectivity index (χ0n) is 9.35. The minimum absolute atomic E-state index is 0.117. The van der Waals surface area contributed by atoms with Crippen LogP contribution >= 0.6 is 0 Å². The molecule has 0 aliphatic heterocycles. The van der Waals surface area contributed by atoms with Gasteiger partial charge < -0.3 is 21.1 Å². The summed E-state index contributed by atoms with van der Waals surface area (Å²) < 4.78 is 0. The van der Waals surface area contributed by atoms with Gasteiger partial charge in [0.2, 0.25) is 5.91 Å². The van der Waals surface area contributed by atoms with Crippen LogP contribution in [0.2, 0.25) is 0 Å². The number of nitrogens with two attached hydrogens (primary N) is 1. The average molecular weight is 240 g/mol. The Hall–Kier alpha value is -1.89. The first-order valence-corrected chi connectivity index (χ1v) is 5.33. The molecule has 94 valence electrons. The van der Waals surface area contributed by atoms with Gasteiger partial charge in [-0.15, -0.1) is 0 Å². The number of hydrogen-bond donors (Lipinski definition) is 4. The van der Waals surface area contributed by atoms with Crippen LogP contribution in [0.3, 0.4) is 0 Å². The third kappa shape index (κ3) is 5.12. The molecule has 1 atom stereocenters. The number of carboxylic acid groups (broad SMARTS) is 1. The number of aliphatic carboxylic acids is 1. The summed E-state index contributed by atoms with van der Waals surface area (Å²) in [6.45, 7) is 0.467. The normalized spacial score (nSPS) is 12.1. The van der Waals surface area contributed by atoms with Crippen molar-refractivity contribution in [1.29, 1.82) is 0 Å². The Labute approximate surface area is 98.4 Å². The maximum atomic E-state index is 11.3. The van der Waals surface area contributed by atoms with Gasteiger partial charge in [0.25, 0.3) is 0 Å². The molecule has 1 aromatic heterocycles. The first-order chi connectivity index (χ1) is 8.09. The molecule has 1 heterocycles. The van der Waals surface area contributed by atoms with Crippen molar-refractivity contribution in [3.63, 3.8) is 0 Å². The molecule has 0 aromatic carbocycles. The summed E-state index contributed by atoms with van der Waals surface area (Å²) in [5.74, 6) is -0.492. The van der Waals surface area contributed by atoms with Gasteiger partial charge in [-0.1, -0.05) is 0 Å². The highest BCUT2D eigenvalue weighted by Crippen LogP contribution is 1.95. The van der Waals surface area contributed by atoms with Gasteiger partial charge in [-0.25, -0.2) is 4.98 Å². The fraction of sp³-hybridized carbons (Fsp3) is 0.500. The third-order valence-electron chi connectivity index (χ3n) is 2.24. The summed E-state index contributed by atoms with van der Waals surface area (Å²) in [6, 6.07) is -0.981. The Morgan fingerprint density at radius 2 is 2.35 bits per heavy atom. The van der Waals surface area contributed by atoms with E-state index in [1.165, 1.54) is 0 Å². The Balaban J connectivity index is 2.11. The summed E-state index contributed by atoms with van der Waals surface area (Å²) in [5.41, 5.74) is 5.28. The molecule has 17 heavy (non-hydrogen) atoms. The Morgan fingerprint density at radius 3 is 2.94 bits per heavy atom. The predicted molar refractivity (Wildman–Crippen MR) is 60.1 cm³/mol. The molecule has 0 aliphatic carbocycles. The number of nitrogens with one attached hydrogen (secondary N) is 2. The molecule has 7 nitrogen and oxygen atoms in total. The summed E-state index contributed by atoms with van der Waals surface area (Å²) in [4.78, 5) is 28.6. The lowest BCUT2D eigenvalue weighted by Crippen LogP contribution is -2.33. The van der Waals surface area contributed by atoms with Gasteiger partial charge in [-0.3, -0.25) is 9.59 Å². The highest BCUT2D eigenvalue weighted by molar-refractivity contribution is 5.78. The van der Waals surface area contributed by atoms with Crippen LogP contribution < -0.4 is 11.1 Å². The molecular formula is C10H16N4O3. The second-order valence-electron chi connectivity index (χ2n) is 3.62. The number of nitrogens with zero attached hydrogens (tertiary/aromatic N) is 1. The molecule has 0 fully saturated rings. The minimum atomic E-state index is -1.09. The van der Waals surface area contributed by atoms with Gasteiger partial charge >= 0.3 is 5.97 Å². The van der Waals surface area contributed by atoms with Crippen molar-refractivity contribution in [2.45, 2.75) is 25.3 Å². The van der Waals surface area contributed by atoms with Crippen LogP contribution in [-0.2, 0) is 16.0 Å². The van der Waals surface area contributed by atoms with E-state index in [9.17, 15) is 9.59 Å². The van der Waals surface area contributed by atoms with Crippen molar-refractivity contribution in [2.24, 2.45) is 5.73 Å². The number of aromatic nitrogens is 2. The standard InChI is InChI=1S/C10H16N4O3/c11-7(10(16)17)1-2-9(15)14-4-3-8-12-5-6-13-8/h5-7H,1-4,11H2,(H,12,13)(H,14,15)(H,16,17). The number of carboxylic acids is 1. The van der Waals surface area contributed by atoms with Gasteiger partial charge in [0.15, 0.2) is 0 Å². The SMILES string of the molecule is NC(CCC(=O)NCCc1ncc[nH]1)C(=O)O. The molecular weight excluding hydrogens is 224 g/mol.